The number of ether oxygens (including phenoxy) is 2. The predicted octanol–water partition coefficient (Wildman–Crippen LogP) is 3.33. The molecule has 0 spiro atoms. The van der Waals surface area contributed by atoms with Crippen molar-refractivity contribution in [1.29, 1.82) is 0 Å². The van der Waals surface area contributed by atoms with Crippen LogP contribution in [-0.2, 0) is 14.3 Å². The second kappa shape index (κ2) is 9.54. The molecule has 1 amide bonds. The van der Waals surface area contributed by atoms with Crippen LogP contribution in [0.15, 0.2) is 54.4 Å². The van der Waals surface area contributed by atoms with Gasteiger partial charge in [-0.25, -0.2) is 0 Å². The van der Waals surface area contributed by atoms with E-state index >= 15 is 0 Å². The van der Waals surface area contributed by atoms with E-state index in [4.69, 9.17) is 9.47 Å². The number of hydrogen-bond donors (Lipinski definition) is 1. The van der Waals surface area contributed by atoms with Gasteiger partial charge in [0, 0.05) is 38.2 Å². The summed E-state index contributed by atoms with van der Waals surface area (Å²) in [5.74, 6) is -0.902. The number of aromatic nitrogens is 1. The lowest BCUT2D eigenvalue weighted by Crippen LogP contribution is -2.31. The Balaban J connectivity index is 2.02. The second-order valence-electron chi connectivity index (χ2n) is 7.32. The standard InChI is InChI=1S/C23H26N2O5/c1-15(2)30-18-9-7-16(8-10-18)21(26)19-20(17-6-4-11-24-14-17)25(12-5-13-29-3)23(28)22(19)27/h4,6-11,14-15,20,26H,5,12-13H2,1-3H3. The van der Waals surface area contributed by atoms with Crippen LogP contribution >= 0.6 is 0 Å². The molecular formula is C23H26N2O5. The number of methoxy groups -OCH3 is 1. The van der Waals surface area contributed by atoms with Crippen LogP contribution in [0.3, 0.4) is 0 Å². The van der Waals surface area contributed by atoms with E-state index in [-0.39, 0.29) is 17.4 Å². The van der Waals surface area contributed by atoms with Crippen molar-refractivity contribution in [3.63, 3.8) is 0 Å². The summed E-state index contributed by atoms with van der Waals surface area (Å²) in [4.78, 5) is 31.2. The van der Waals surface area contributed by atoms with Crippen molar-refractivity contribution < 1.29 is 24.2 Å². The average Bonchev–Trinajstić information content (AvgIpc) is 2.99. The SMILES string of the molecule is COCCCN1C(=O)C(=O)C(=C(O)c2ccc(OC(C)C)cc2)C1c1cccnc1. The number of hydrogen-bond acceptors (Lipinski definition) is 6. The van der Waals surface area contributed by atoms with E-state index in [0.717, 1.165) is 0 Å². The maximum atomic E-state index is 12.9. The van der Waals surface area contributed by atoms with Gasteiger partial charge in [0.1, 0.15) is 11.5 Å². The number of pyridine rings is 1. The number of likely N-dealkylation sites (tertiary alicyclic amines) is 1. The van der Waals surface area contributed by atoms with Crippen LogP contribution in [0, 0.1) is 0 Å². The van der Waals surface area contributed by atoms with Gasteiger partial charge >= 0.3 is 0 Å². The molecule has 1 unspecified atom stereocenters. The number of carbonyl (C=O) groups excluding carboxylic acids is 2. The van der Waals surface area contributed by atoms with Gasteiger partial charge in [-0.2, -0.15) is 0 Å². The number of rotatable bonds is 8. The highest BCUT2D eigenvalue weighted by molar-refractivity contribution is 6.46. The molecular weight excluding hydrogens is 384 g/mol. The summed E-state index contributed by atoms with van der Waals surface area (Å²) >= 11 is 0. The Hall–Kier alpha value is -3.19. The highest BCUT2D eigenvalue weighted by Gasteiger charge is 2.45. The number of aliphatic hydroxyl groups excluding tert-OH is 1. The molecule has 3 rings (SSSR count). The Morgan fingerprint density at radius 3 is 2.53 bits per heavy atom. The van der Waals surface area contributed by atoms with Gasteiger partial charge in [-0.05, 0) is 56.2 Å². The fraction of sp³-hybridized carbons (Fsp3) is 0.348. The molecule has 1 aromatic heterocycles. The molecule has 1 aromatic carbocycles. The minimum absolute atomic E-state index is 0.0208. The van der Waals surface area contributed by atoms with E-state index in [0.29, 0.717) is 36.4 Å². The number of carbonyl (C=O) groups is 2. The molecule has 1 fully saturated rings. The van der Waals surface area contributed by atoms with Gasteiger partial charge in [0.25, 0.3) is 11.7 Å². The summed E-state index contributed by atoms with van der Waals surface area (Å²) in [6.45, 7) is 4.63. The summed E-state index contributed by atoms with van der Waals surface area (Å²) in [6, 6.07) is 9.62. The largest absolute Gasteiger partial charge is 0.507 e. The molecule has 1 N–H and O–H groups in total. The first-order valence-electron chi connectivity index (χ1n) is 9.88. The molecule has 0 saturated carbocycles. The smallest absolute Gasteiger partial charge is 0.295 e. The molecule has 7 nitrogen and oxygen atoms in total. The van der Waals surface area contributed by atoms with Crippen molar-refractivity contribution in [3.8, 4) is 5.75 Å². The molecule has 1 aliphatic rings. The maximum absolute atomic E-state index is 12.9. The van der Waals surface area contributed by atoms with E-state index in [1.54, 1.807) is 55.9 Å². The van der Waals surface area contributed by atoms with Crippen LogP contribution < -0.4 is 4.74 Å². The summed E-state index contributed by atoms with van der Waals surface area (Å²) in [5.41, 5.74) is 1.16. The molecule has 0 radical (unpaired) electrons. The third kappa shape index (κ3) is 4.52. The van der Waals surface area contributed by atoms with Crippen LogP contribution in [0.25, 0.3) is 5.76 Å². The lowest BCUT2D eigenvalue weighted by atomic mass is 9.96. The lowest BCUT2D eigenvalue weighted by molar-refractivity contribution is -0.140. The van der Waals surface area contributed by atoms with Crippen LogP contribution in [0.1, 0.15) is 37.4 Å². The number of amides is 1. The first-order chi connectivity index (χ1) is 14.4. The Morgan fingerprint density at radius 2 is 1.93 bits per heavy atom. The zero-order chi connectivity index (χ0) is 21.7. The van der Waals surface area contributed by atoms with Crippen LogP contribution in [0.2, 0.25) is 0 Å². The van der Waals surface area contributed by atoms with Crippen molar-refractivity contribution >= 4 is 17.4 Å². The van der Waals surface area contributed by atoms with Crippen molar-refractivity contribution in [1.82, 2.24) is 9.88 Å². The molecule has 1 atom stereocenters. The molecule has 158 valence electrons. The maximum Gasteiger partial charge on any atom is 0.295 e. The fourth-order valence-electron chi connectivity index (χ4n) is 3.49. The van der Waals surface area contributed by atoms with Crippen LogP contribution in [0.4, 0.5) is 0 Å². The van der Waals surface area contributed by atoms with E-state index in [1.807, 2.05) is 13.8 Å². The van der Waals surface area contributed by atoms with E-state index < -0.39 is 17.7 Å². The molecule has 0 aliphatic carbocycles. The number of ketones is 1. The fourth-order valence-corrected chi connectivity index (χ4v) is 3.49. The molecule has 1 aliphatic heterocycles. The summed E-state index contributed by atoms with van der Waals surface area (Å²) < 4.78 is 10.7. The predicted molar refractivity (Wildman–Crippen MR) is 112 cm³/mol. The molecule has 30 heavy (non-hydrogen) atoms. The molecule has 1 saturated heterocycles. The summed E-state index contributed by atoms with van der Waals surface area (Å²) in [6.07, 6.45) is 3.81. The molecule has 2 aromatic rings. The van der Waals surface area contributed by atoms with Gasteiger partial charge in [-0.1, -0.05) is 6.07 Å². The Labute approximate surface area is 175 Å². The van der Waals surface area contributed by atoms with Gasteiger partial charge in [0.2, 0.25) is 0 Å². The first-order valence-corrected chi connectivity index (χ1v) is 9.88. The monoisotopic (exact) mass is 410 g/mol. The zero-order valence-electron chi connectivity index (χ0n) is 17.4. The molecule has 0 bridgehead atoms. The Bertz CT molecular complexity index is 922. The minimum atomic E-state index is -0.707. The highest BCUT2D eigenvalue weighted by Crippen LogP contribution is 2.39. The van der Waals surface area contributed by atoms with Crippen molar-refractivity contribution in [2.75, 3.05) is 20.3 Å². The van der Waals surface area contributed by atoms with E-state index in [1.165, 1.54) is 4.90 Å². The number of aliphatic hydroxyl groups is 1. The van der Waals surface area contributed by atoms with E-state index in [9.17, 15) is 14.7 Å². The topological polar surface area (TPSA) is 89.0 Å². The van der Waals surface area contributed by atoms with Gasteiger partial charge < -0.3 is 19.5 Å². The van der Waals surface area contributed by atoms with Crippen molar-refractivity contribution in [3.05, 3.63) is 65.5 Å². The molecule has 7 heteroatoms. The number of nitrogens with zero attached hydrogens (tertiary/aromatic N) is 2. The highest BCUT2D eigenvalue weighted by atomic mass is 16.5. The van der Waals surface area contributed by atoms with Crippen molar-refractivity contribution in [2.45, 2.75) is 32.4 Å². The normalized spacial score (nSPS) is 18.3. The first kappa shape index (κ1) is 21.5. The van der Waals surface area contributed by atoms with Crippen molar-refractivity contribution in [2.24, 2.45) is 0 Å². The summed E-state index contributed by atoms with van der Waals surface area (Å²) in [7, 11) is 1.58. The van der Waals surface area contributed by atoms with Gasteiger partial charge in [0.05, 0.1) is 17.7 Å². The number of Topliss-reactive ketones (excluding diaryl/α,β-unsaturated/α-hetero) is 1. The zero-order valence-corrected chi connectivity index (χ0v) is 17.4. The van der Waals surface area contributed by atoms with Crippen LogP contribution in [-0.4, -0.2) is 53.0 Å². The van der Waals surface area contributed by atoms with Gasteiger partial charge in [0.15, 0.2) is 0 Å². The molecule has 2 heterocycles. The second-order valence-corrected chi connectivity index (χ2v) is 7.32. The Kier molecular flexibility index (Phi) is 6.84. The third-order valence-electron chi connectivity index (χ3n) is 4.79. The third-order valence-corrected chi connectivity index (χ3v) is 4.79. The quantitative estimate of drug-likeness (QED) is 0.311. The van der Waals surface area contributed by atoms with Crippen LogP contribution in [0.5, 0.6) is 5.75 Å². The van der Waals surface area contributed by atoms with Gasteiger partial charge in [-0.3, -0.25) is 14.6 Å². The Morgan fingerprint density at radius 1 is 1.20 bits per heavy atom. The lowest BCUT2D eigenvalue weighted by Gasteiger charge is -2.25. The minimum Gasteiger partial charge on any atom is -0.507 e. The average molecular weight is 410 g/mol. The summed E-state index contributed by atoms with van der Waals surface area (Å²) in [5, 5.41) is 11.0. The van der Waals surface area contributed by atoms with E-state index in [2.05, 4.69) is 4.98 Å². The van der Waals surface area contributed by atoms with Gasteiger partial charge in [-0.15, -0.1) is 0 Å². The number of benzene rings is 1.